The fraction of sp³-hybridized carbons (Fsp3) is 0.421. The van der Waals surface area contributed by atoms with Crippen molar-refractivity contribution in [2.24, 2.45) is 5.92 Å². The Morgan fingerprint density at radius 3 is 2.60 bits per heavy atom. The van der Waals surface area contributed by atoms with E-state index in [-0.39, 0.29) is 30.3 Å². The molecule has 1 saturated heterocycles. The summed E-state index contributed by atoms with van der Waals surface area (Å²) in [5.41, 5.74) is 1.94. The van der Waals surface area contributed by atoms with Crippen molar-refractivity contribution in [2.75, 3.05) is 6.54 Å². The summed E-state index contributed by atoms with van der Waals surface area (Å²) >= 11 is 0. The van der Waals surface area contributed by atoms with E-state index in [1.54, 1.807) is 22.9 Å². The lowest BCUT2D eigenvalue weighted by molar-refractivity contribution is -0.143. The van der Waals surface area contributed by atoms with E-state index in [1.807, 2.05) is 30.3 Å². The Balaban J connectivity index is 1.82. The molecule has 3 rings (SSSR count). The number of carboxylic acid groups (broad SMARTS) is 1. The molecule has 3 unspecified atom stereocenters. The second kappa shape index (κ2) is 6.70. The number of benzene rings is 1. The fourth-order valence-electron chi connectivity index (χ4n) is 3.82. The number of rotatable bonds is 3. The maximum Gasteiger partial charge on any atom is 0.308 e. The van der Waals surface area contributed by atoms with Crippen molar-refractivity contribution in [1.82, 2.24) is 9.80 Å². The molecule has 0 spiro atoms. The standard InChI is InChI=1S/C19H22N2O4/c1-12-15(19(24)25)8-10-20(12)18(23)11-17-16-6-4-3-5-14(16)7-9-21(17)13(2)22/h3-7,9,12,15,17H,8,10-11H2,1-2H3,(H,24,25). The molecule has 1 fully saturated rings. The monoisotopic (exact) mass is 342 g/mol. The number of nitrogens with zero attached hydrogens (tertiary/aromatic N) is 2. The highest BCUT2D eigenvalue weighted by molar-refractivity contribution is 5.83. The van der Waals surface area contributed by atoms with Gasteiger partial charge in [0.15, 0.2) is 0 Å². The molecule has 0 saturated carbocycles. The first-order valence-electron chi connectivity index (χ1n) is 8.48. The van der Waals surface area contributed by atoms with Crippen LogP contribution in [0.15, 0.2) is 30.5 Å². The first-order chi connectivity index (χ1) is 11.9. The van der Waals surface area contributed by atoms with Crippen LogP contribution < -0.4 is 0 Å². The zero-order valence-corrected chi connectivity index (χ0v) is 14.4. The van der Waals surface area contributed by atoms with Crippen molar-refractivity contribution >= 4 is 23.9 Å². The van der Waals surface area contributed by atoms with Gasteiger partial charge in [-0.15, -0.1) is 0 Å². The third kappa shape index (κ3) is 3.16. The molecule has 0 aromatic heterocycles. The zero-order chi connectivity index (χ0) is 18.1. The molecule has 6 heteroatoms. The van der Waals surface area contributed by atoms with Gasteiger partial charge in [-0.3, -0.25) is 14.4 Å². The molecule has 6 nitrogen and oxygen atoms in total. The van der Waals surface area contributed by atoms with Crippen molar-refractivity contribution in [3.05, 3.63) is 41.6 Å². The zero-order valence-electron chi connectivity index (χ0n) is 14.4. The van der Waals surface area contributed by atoms with Crippen LogP contribution in [0.4, 0.5) is 0 Å². The second-order valence-corrected chi connectivity index (χ2v) is 6.65. The van der Waals surface area contributed by atoms with Crippen LogP contribution in [0.1, 0.15) is 43.9 Å². The third-order valence-corrected chi connectivity index (χ3v) is 5.23. The van der Waals surface area contributed by atoms with E-state index < -0.39 is 11.9 Å². The largest absolute Gasteiger partial charge is 0.481 e. The SMILES string of the molecule is CC(=O)N1C=Cc2ccccc2C1CC(=O)N1CCC(C(=O)O)C1C. The predicted molar refractivity (Wildman–Crippen MR) is 92.3 cm³/mol. The molecule has 1 N–H and O–H groups in total. The van der Waals surface area contributed by atoms with Crippen molar-refractivity contribution in [3.8, 4) is 0 Å². The summed E-state index contributed by atoms with van der Waals surface area (Å²) in [6.45, 7) is 3.71. The molecular formula is C19H22N2O4. The van der Waals surface area contributed by atoms with Gasteiger partial charge in [-0.1, -0.05) is 24.3 Å². The lowest BCUT2D eigenvalue weighted by Crippen LogP contribution is -2.40. The molecule has 1 aromatic carbocycles. The van der Waals surface area contributed by atoms with Gasteiger partial charge < -0.3 is 14.9 Å². The van der Waals surface area contributed by atoms with Crippen LogP contribution in [0, 0.1) is 5.92 Å². The molecule has 132 valence electrons. The van der Waals surface area contributed by atoms with Gasteiger partial charge in [-0.25, -0.2) is 0 Å². The third-order valence-electron chi connectivity index (χ3n) is 5.23. The predicted octanol–water partition coefficient (Wildman–Crippen LogP) is 2.27. The highest BCUT2D eigenvalue weighted by atomic mass is 16.4. The smallest absolute Gasteiger partial charge is 0.308 e. The van der Waals surface area contributed by atoms with Gasteiger partial charge in [0, 0.05) is 25.7 Å². The van der Waals surface area contributed by atoms with Gasteiger partial charge in [0.2, 0.25) is 11.8 Å². The van der Waals surface area contributed by atoms with Crippen LogP contribution >= 0.6 is 0 Å². The van der Waals surface area contributed by atoms with E-state index in [0.29, 0.717) is 13.0 Å². The first-order valence-corrected chi connectivity index (χ1v) is 8.48. The van der Waals surface area contributed by atoms with Gasteiger partial charge in [0.05, 0.1) is 18.4 Å². The summed E-state index contributed by atoms with van der Waals surface area (Å²) in [6.07, 6.45) is 4.21. The summed E-state index contributed by atoms with van der Waals surface area (Å²) in [6, 6.07) is 7.02. The van der Waals surface area contributed by atoms with E-state index in [2.05, 4.69) is 0 Å². The summed E-state index contributed by atoms with van der Waals surface area (Å²) in [5.74, 6) is -1.62. The number of hydrogen-bond donors (Lipinski definition) is 1. The quantitative estimate of drug-likeness (QED) is 0.914. The molecule has 2 aliphatic rings. The Kier molecular flexibility index (Phi) is 4.61. The van der Waals surface area contributed by atoms with E-state index in [1.165, 1.54) is 6.92 Å². The lowest BCUT2D eigenvalue weighted by atomic mass is 9.93. The molecule has 25 heavy (non-hydrogen) atoms. The van der Waals surface area contributed by atoms with E-state index in [0.717, 1.165) is 11.1 Å². The Bertz CT molecular complexity index is 743. The van der Waals surface area contributed by atoms with Crippen molar-refractivity contribution in [1.29, 1.82) is 0 Å². The van der Waals surface area contributed by atoms with Crippen LogP contribution in [0.2, 0.25) is 0 Å². The molecule has 0 aliphatic carbocycles. The Labute approximate surface area is 146 Å². The number of carboxylic acids is 1. The molecule has 0 bridgehead atoms. The van der Waals surface area contributed by atoms with Crippen LogP contribution in [0.3, 0.4) is 0 Å². The summed E-state index contributed by atoms with van der Waals surface area (Å²) in [7, 11) is 0. The van der Waals surface area contributed by atoms with Gasteiger partial charge in [-0.05, 0) is 30.5 Å². The van der Waals surface area contributed by atoms with Crippen LogP contribution in [0.5, 0.6) is 0 Å². The number of aliphatic carboxylic acids is 1. The summed E-state index contributed by atoms with van der Waals surface area (Å²) in [4.78, 5) is 39.3. The van der Waals surface area contributed by atoms with Crippen molar-refractivity contribution in [2.45, 2.75) is 38.8 Å². The lowest BCUT2D eigenvalue weighted by Gasteiger charge is -2.34. The average molecular weight is 342 g/mol. The maximum absolute atomic E-state index is 12.8. The van der Waals surface area contributed by atoms with Crippen LogP contribution in [0.25, 0.3) is 6.08 Å². The Morgan fingerprint density at radius 1 is 1.24 bits per heavy atom. The molecule has 2 heterocycles. The molecular weight excluding hydrogens is 320 g/mol. The summed E-state index contributed by atoms with van der Waals surface area (Å²) in [5, 5.41) is 9.25. The number of likely N-dealkylation sites (tertiary alicyclic amines) is 1. The Morgan fingerprint density at radius 2 is 1.96 bits per heavy atom. The van der Waals surface area contributed by atoms with Crippen molar-refractivity contribution in [3.63, 3.8) is 0 Å². The molecule has 2 aliphatic heterocycles. The topological polar surface area (TPSA) is 77.9 Å². The normalized spacial score (nSPS) is 25.0. The minimum Gasteiger partial charge on any atom is -0.481 e. The van der Waals surface area contributed by atoms with Gasteiger partial charge in [0.1, 0.15) is 0 Å². The fourth-order valence-corrected chi connectivity index (χ4v) is 3.82. The molecule has 2 amide bonds. The van der Waals surface area contributed by atoms with E-state index >= 15 is 0 Å². The summed E-state index contributed by atoms with van der Waals surface area (Å²) < 4.78 is 0. The molecule has 1 aromatic rings. The minimum absolute atomic E-state index is 0.113. The van der Waals surface area contributed by atoms with Gasteiger partial charge >= 0.3 is 5.97 Å². The highest BCUT2D eigenvalue weighted by Crippen LogP contribution is 2.34. The maximum atomic E-state index is 12.8. The highest BCUT2D eigenvalue weighted by Gasteiger charge is 2.39. The minimum atomic E-state index is -0.862. The molecule has 3 atom stereocenters. The number of carbonyl (C=O) groups is 3. The van der Waals surface area contributed by atoms with E-state index in [4.69, 9.17) is 0 Å². The number of carbonyl (C=O) groups excluding carboxylic acids is 2. The van der Waals surface area contributed by atoms with Crippen molar-refractivity contribution < 1.29 is 19.5 Å². The Hall–Kier alpha value is -2.63. The van der Waals surface area contributed by atoms with Crippen LogP contribution in [-0.4, -0.2) is 45.3 Å². The van der Waals surface area contributed by atoms with E-state index in [9.17, 15) is 19.5 Å². The van der Waals surface area contributed by atoms with Gasteiger partial charge in [-0.2, -0.15) is 0 Å². The number of hydrogen-bond acceptors (Lipinski definition) is 3. The second-order valence-electron chi connectivity index (χ2n) is 6.65. The number of amides is 2. The average Bonchev–Trinajstić information content (AvgIpc) is 2.96. The van der Waals surface area contributed by atoms with Crippen LogP contribution in [-0.2, 0) is 14.4 Å². The first kappa shape index (κ1) is 17.2. The number of fused-ring (bicyclic) bond motifs is 1. The van der Waals surface area contributed by atoms with Gasteiger partial charge in [0.25, 0.3) is 0 Å². The molecule has 0 radical (unpaired) electrons.